The zero-order chi connectivity index (χ0) is 14.0. The van der Waals surface area contributed by atoms with E-state index in [-0.39, 0.29) is 5.82 Å². The molecule has 0 aromatic heterocycles. The molecule has 0 spiro atoms. The highest BCUT2D eigenvalue weighted by Crippen LogP contribution is 2.31. The molecular weight excluding hydrogens is 373 g/mol. The Labute approximate surface area is 134 Å². The molecule has 1 atom stereocenters. The Hall–Kier alpha value is -0.280. The smallest absolute Gasteiger partial charge is 0.129 e. The molecule has 0 heterocycles. The van der Waals surface area contributed by atoms with Crippen LogP contribution in [0.2, 0.25) is 10.0 Å². The molecule has 0 bridgehead atoms. The van der Waals surface area contributed by atoms with Gasteiger partial charge in [-0.05, 0) is 36.2 Å². The Morgan fingerprint density at radius 1 is 1.05 bits per heavy atom. The zero-order valence-corrected chi connectivity index (χ0v) is 13.5. The summed E-state index contributed by atoms with van der Waals surface area (Å²) in [6, 6.07) is 10.1. The molecule has 2 rings (SSSR count). The molecule has 0 nitrogen and oxygen atoms in total. The summed E-state index contributed by atoms with van der Waals surface area (Å²) in [5, 5.41) is 0.510. The summed E-state index contributed by atoms with van der Waals surface area (Å²) in [5.41, 5.74) is 1.38. The Kier molecular flexibility index (Phi) is 5.13. The first-order chi connectivity index (χ1) is 8.97. The van der Waals surface area contributed by atoms with E-state index in [1.807, 2.05) is 6.07 Å². The second-order valence-corrected chi connectivity index (χ2v) is 6.34. The van der Waals surface area contributed by atoms with E-state index in [0.29, 0.717) is 26.5 Å². The van der Waals surface area contributed by atoms with E-state index in [1.165, 1.54) is 6.07 Å². The van der Waals surface area contributed by atoms with E-state index in [4.69, 9.17) is 34.8 Å². The van der Waals surface area contributed by atoms with Crippen LogP contribution >= 0.6 is 50.7 Å². The molecule has 0 saturated carbocycles. The van der Waals surface area contributed by atoms with E-state index < -0.39 is 5.38 Å². The molecule has 0 fully saturated rings. The van der Waals surface area contributed by atoms with Crippen LogP contribution in [-0.2, 0) is 6.42 Å². The van der Waals surface area contributed by atoms with Gasteiger partial charge in [0.15, 0.2) is 0 Å². The number of hydrogen-bond acceptors (Lipinski definition) is 0. The van der Waals surface area contributed by atoms with E-state index in [9.17, 15) is 4.39 Å². The Bertz CT molecular complexity index is 601. The van der Waals surface area contributed by atoms with Crippen molar-refractivity contribution in [2.75, 3.05) is 0 Å². The predicted octanol–water partition coefficient (Wildman–Crippen LogP) is 6.42. The quantitative estimate of drug-likeness (QED) is 0.538. The number of benzene rings is 2. The second-order valence-electron chi connectivity index (χ2n) is 4.09. The van der Waals surface area contributed by atoms with Crippen molar-refractivity contribution < 1.29 is 4.39 Å². The van der Waals surface area contributed by atoms with Crippen molar-refractivity contribution in [3.8, 4) is 0 Å². The Balaban J connectivity index is 2.20. The third-order valence-electron chi connectivity index (χ3n) is 2.70. The third-order valence-corrected chi connectivity index (χ3v) is 4.32. The minimum Gasteiger partial charge on any atom is -0.207 e. The molecule has 100 valence electrons. The second kappa shape index (κ2) is 6.45. The summed E-state index contributed by atoms with van der Waals surface area (Å²) in [6.07, 6.45) is 0.483. The molecule has 0 aliphatic rings. The molecule has 0 aliphatic carbocycles. The molecule has 0 N–H and O–H groups in total. The van der Waals surface area contributed by atoms with Crippen LogP contribution < -0.4 is 0 Å². The highest BCUT2D eigenvalue weighted by atomic mass is 79.9. The van der Waals surface area contributed by atoms with Gasteiger partial charge in [0.1, 0.15) is 5.82 Å². The maximum absolute atomic E-state index is 13.8. The fourth-order valence-electron chi connectivity index (χ4n) is 1.74. The van der Waals surface area contributed by atoms with Gasteiger partial charge >= 0.3 is 0 Å². The number of halogens is 5. The highest BCUT2D eigenvalue weighted by molar-refractivity contribution is 9.10. The van der Waals surface area contributed by atoms with E-state index >= 15 is 0 Å². The molecule has 2 aromatic rings. The van der Waals surface area contributed by atoms with Gasteiger partial charge in [0.05, 0.1) is 15.4 Å². The summed E-state index contributed by atoms with van der Waals surface area (Å²) in [6.45, 7) is 0. The molecule has 19 heavy (non-hydrogen) atoms. The average molecular weight is 382 g/mol. The lowest BCUT2D eigenvalue weighted by molar-refractivity contribution is 0.605. The van der Waals surface area contributed by atoms with Gasteiger partial charge in [-0.1, -0.05) is 51.3 Å². The molecule has 0 amide bonds. The van der Waals surface area contributed by atoms with E-state index in [0.717, 1.165) is 5.56 Å². The van der Waals surface area contributed by atoms with Crippen LogP contribution in [0, 0.1) is 5.82 Å². The lowest BCUT2D eigenvalue weighted by Gasteiger charge is -2.12. The molecule has 1 unspecified atom stereocenters. The zero-order valence-electron chi connectivity index (χ0n) is 9.64. The third kappa shape index (κ3) is 3.85. The normalized spacial score (nSPS) is 12.5. The molecule has 5 heteroatoms. The molecule has 2 aromatic carbocycles. The van der Waals surface area contributed by atoms with Crippen LogP contribution in [-0.4, -0.2) is 0 Å². The lowest BCUT2D eigenvalue weighted by Crippen LogP contribution is -1.99. The fraction of sp³-hybridized carbons (Fsp3) is 0.143. The summed E-state index contributed by atoms with van der Waals surface area (Å²) >= 11 is 21.3. The maximum atomic E-state index is 13.8. The molecule has 0 saturated heterocycles. The summed E-state index contributed by atoms with van der Waals surface area (Å²) in [4.78, 5) is 0. The van der Waals surface area contributed by atoms with Crippen LogP contribution in [0.15, 0.2) is 40.9 Å². The monoisotopic (exact) mass is 380 g/mol. The van der Waals surface area contributed by atoms with Crippen LogP contribution in [0.1, 0.15) is 16.5 Å². The van der Waals surface area contributed by atoms with Gasteiger partial charge in [0, 0.05) is 10.0 Å². The van der Waals surface area contributed by atoms with Gasteiger partial charge in [-0.2, -0.15) is 0 Å². The van der Waals surface area contributed by atoms with Gasteiger partial charge < -0.3 is 0 Å². The number of hydrogen-bond donors (Lipinski definition) is 0. The Morgan fingerprint density at radius 3 is 2.42 bits per heavy atom. The van der Waals surface area contributed by atoms with Gasteiger partial charge in [0.25, 0.3) is 0 Å². The number of rotatable bonds is 3. The Morgan fingerprint density at radius 2 is 1.79 bits per heavy atom. The van der Waals surface area contributed by atoms with Crippen molar-refractivity contribution in [2.24, 2.45) is 0 Å². The van der Waals surface area contributed by atoms with Crippen molar-refractivity contribution in [3.63, 3.8) is 0 Å². The van der Waals surface area contributed by atoms with Crippen LogP contribution in [0.5, 0.6) is 0 Å². The van der Waals surface area contributed by atoms with E-state index in [1.54, 1.807) is 24.3 Å². The van der Waals surface area contributed by atoms with Gasteiger partial charge in [-0.25, -0.2) is 4.39 Å². The fourth-order valence-corrected chi connectivity index (χ4v) is 2.75. The van der Waals surface area contributed by atoms with Crippen LogP contribution in [0.25, 0.3) is 0 Å². The minimum absolute atomic E-state index is 0.325. The topological polar surface area (TPSA) is 0 Å². The maximum Gasteiger partial charge on any atom is 0.129 e. The van der Waals surface area contributed by atoms with E-state index in [2.05, 4.69) is 15.9 Å². The van der Waals surface area contributed by atoms with Gasteiger partial charge in [0.2, 0.25) is 0 Å². The van der Waals surface area contributed by atoms with Crippen molar-refractivity contribution in [1.82, 2.24) is 0 Å². The summed E-state index contributed by atoms with van der Waals surface area (Å²) in [5.74, 6) is -0.325. The van der Waals surface area contributed by atoms with Crippen molar-refractivity contribution >= 4 is 50.7 Å². The first-order valence-corrected chi connectivity index (χ1v) is 7.49. The minimum atomic E-state index is -0.453. The van der Waals surface area contributed by atoms with Crippen LogP contribution in [0.4, 0.5) is 4.39 Å². The molecular formula is C14H9BrCl3F. The average Bonchev–Trinajstić information content (AvgIpc) is 2.33. The number of alkyl halides is 1. The first kappa shape index (κ1) is 15.1. The first-order valence-electron chi connectivity index (χ1n) is 5.50. The lowest BCUT2D eigenvalue weighted by atomic mass is 10.0. The predicted molar refractivity (Wildman–Crippen MR) is 82.9 cm³/mol. The van der Waals surface area contributed by atoms with Crippen molar-refractivity contribution in [3.05, 3.63) is 67.9 Å². The largest absolute Gasteiger partial charge is 0.207 e. The highest BCUT2D eigenvalue weighted by Gasteiger charge is 2.14. The molecule has 0 radical (unpaired) electrons. The SMILES string of the molecule is Fc1cc(Br)ccc1C(Cl)Cc1ccc(Cl)c(Cl)c1. The van der Waals surface area contributed by atoms with Crippen molar-refractivity contribution in [1.29, 1.82) is 0 Å². The van der Waals surface area contributed by atoms with Gasteiger partial charge in [-0.15, -0.1) is 11.6 Å². The standard InChI is InChI=1S/C14H9BrCl3F/c15-9-2-3-10(14(19)7-9)12(17)5-8-1-4-11(16)13(18)6-8/h1-4,6-7,12H,5H2. The van der Waals surface area contributed by atoms with Crippen molar-refractivity contribution in [2.45, 2.75) is 11.8 Å². The van der Waals surface area contributed by atoms with Crippen LogP contribution in [0.3, 0.4) is 0 Å². The summed E-state index contributed by atoms with van der Waals surface area (Å²) < 4.78 is 14.5. The van der Waals surface area contributed by atoms with Gasteiger partial charge in [-0.3, -0.25) is 0 Å². The molecule has 0 aliphatic heterocycles. The summed E-state index contributed by atoms with van der Waals surface area (Å²) in [7, 11) is 0.